The van der Waals surface area contributed by atoms with Crippen LogP contribution >= 0.6 is 11.8 Å². The predicted octanol–water partition coefficient (Wildman–Crippen LogP) is 9.06. The van der Waals surface area contributed by atoms with E-state index in [1.807, 2.05) is 140 Å². The first-order valence-corrected chi connectivity index (χ1v) is 16.1. The number of nitrogens with zero attached hydrogens (tertiary/aromatic N) is 2. The van der Waals surface area contributed by atoms with Gasteiger partial charge in [0.15, 0.2) is 28.2 Å². The van der Waals surface area contributed by atoms with Gasteiger partial charge in [0.25, 0.3) is 5.91 Å². The van der Waals surface area contributed by atoms with Crippen LogP contribution in [-0.4, -0.2) is 24.8 Å². The van der Waals surface area contributed by atoms with Crippen LogP contribution < -0.4 is 23.8 Å². The highest BCUT2D eigenvalue weighted by atomic mass is 32.2. The van der Waals surface area contributed by atoms with Gasteiger partial charge in [-0.3, -0.25) is 9.69 Å². The van der Waals surface area contributed by atoms with Crippen LogP contribution in [0.2, 0.25) is 0 Å². The molecule has 47 heavy (non-hydrogen) atoms. The molecule has 1 saturated heterocycles. The van der Waals surface area contributed by atoms with Crippen LogP contribution in [0.1, 0.15) is 23.6 Å². The van der Waals surface area contributed by atoms with Crippen molar-refractivity contribution in [3.05, 3.63) is 149 Å². The molecule has 236 valence electrons. The van der Waals surface area contributed by atoms with Gasteiger partial charge in [-0.05, 0) is 90.0 Å². The van der Waals surface area contributed by atoms with Crippen LogP contribution in [0.25, 0.3) is 6.08 Å². The predicted molar refractivity (Wildman–Crippen MR) is 189 cm³/mol. The maximum absolute atomic E-state index is 13.7. The molecule has 0 radical (unpaired) electrons. The second-order valence-electron chi connectivity index (χ2n) is 10.5. The van der Waals surface area contributed by atoms with E-state index in [-0.39, 0.29) is 5.91 Å². The monoisotopic (exact) mass is 642 g/mol. The Labute approximate surface area is 279 Å². The molecule has 1 aliphatic heterocycles. The number of amides is 1. The number of ether oxygens (including phenoxy) is 4. The Morgan fingerprint density at radius 2 is 1.32 bits per heavy atom. The number of thioether (sulfide) groups is 1. The molecule has 0 aromatic heterocycles. The third kappa shape index (κ3) is 7.85. The van der Waals surface area contributed by atoms with Crippen molar-refractivity contribution in [1.82, 2.24) is 0 Å². The van der Waals surface area contributed by atoms with Crippen molar-refractivity contribution in [1.29, 1.82) is 0 Å². The summed E-state index contributed by atoms with van der Waals surface area (Å²) in [4.78, 5) is 20.7. The number of hydrogen-bond donors (Lipinski definition) is 0. The second-order valence-corrected chi connectivity index (χ2v) is 11.5. The SMILES string of the molecule is CCOc1cc(/C=C2/SC(=Nc3ccccc3)N(c3ccccc3)C2=O)ccc1OCc1ccc(OCc2ccccc2)c(OC)c1. The number of benzene rings is 5. The smallest absolute Gasteiger partial charge is 0.271 e. The first kappa shape index (κ1) is 31.5. The molecule has 1 fully saturated rings. The number of para-hydroxylation sites is 2. The lowest BCUT2D eigenvalue weighted by molar-refractivity contribution is -0.113. The summed E-state index contributed by atoms with van der Waals surface area (Å²) in [5, 5.41) is 0.593. The van der Waals surface area contributed by atoms with E-state index in [9.17, 15) is 4.79 Å². The largest absolute Gasteiger partial charge is 0.493 e. The fourth-order valence-corrected chi connectivity index (χ4v) is 5.94. The van der Waals surface area contributed by atoms with Gasteiger partial charge in [-0.15, -0.1) is 0 Å². The number of anilines is 1. The van der Waals surface area contributed by atoms with E-state index in [1.165, 1.54) is 11.8 Å². The molecule has 0 unspecified atom stereocenters. The van der Waals surface area contributed by atoms with Gasteiger partial charge in [0.05, 0.1) is 30.0 Å². The maximum atomic E-state index is 13.7. The van der Waals surface area contributed by atoms with E-state index in [0.717, 1.165) is 28.1 Å². The average Bonchev–Trinajstić information content (AvgIpc) is 3.41. The Morgan fingerprint density at radius 3 is 2.02 bits per heavy atom. The fourth-order valence-electron chi connectivity index (χ4n) is 4.94. The summed E-state index contributed by atoms with van der Waals surface area (Å²) in [6, 6.07) is 40.6. The molecule has 8 heteroatoms. The van der Waals surface area contributed by atoms with Crippen molar-refractivity contribution in [2.45, 2.75) is 20.1 Å². The lowest BCUT2D eigenvalue weighted by atomic mass is 10.1. The summed E-state index contributed by atoms with van der Waals surface area (Å²) in [5.74, 6) is 2.34. The zero-order valence-corrected chi connectivity index (χ0v) is 27.0. The van der Waals surface area contributed by atoms with Crippen molar-refractivity contribution in [2.24, 2.45) is 4.99 Å². The lowest BCUT2D eigenvalue weighted by Crippen LogP contribution is -2.28. The van der Waals surface area contributed by atoms with Gasteiger partial charge < -0.3 is 18.9 Å². The highest BCUT2D eigenvalue weighted by Gasteiger charge is 2.34. The molecule has 0 spiro atoms. The maximum Gasteiger partial charge on any atom is 0.271 e. The summed E-state index contributed by atoms with van der Waals surface area (Å²) in [6.07, 6.45) is 1.86. The highest BCUT2D eigenvalue weighted by Crippen LogP contribution is 2.39. The molecule has 0 saturated carbocycles. The molecule has 6 rings (SSSR count). The van der Waals surface area contributed by atoms with E-state index in [2.05, 4.69) is 0 Å². The number of amidine groups is 1. The van der Waals surface area contributed by atoms with Crippen molar-refractivity contribution in [3.63, 3.8) is 0 Å². The number of aliphatic imine (C=N–C) groups is 1. The van der Waals surface area contributed by atoms with Gasteiger partial charge in [0, 0.05) is 0 Å². The highest BCUT2D eigenvalue weighted by molar-refractivity contribution is 8.19. The first-order valence-electron chi connectivity index (χ1n) is 15.3. The van der Waals surface area contributed by atoms with Crippen molar-refractivity contribution < 1.29 is 23.7 Å². The van der Waals surface area contributed by atoms with Crippen molar-refractivity contribution >= 4 is 40.3 Å². The molecule has 0 atom stereocenters. The Bertz CT molecular complexity index is 1880. The van der Waals surface area contributed by atoms with E-state index in [0.29, 0.717) is 52.9 Å². The molecule has 5 aromatic rings. The molecule has 0 bridgehead atoms. The zero-order valence-electron chi connectivity index (χ0n) is 26.2. The lowest BCUT2D eigenvalue weighted by Gasteiger charge is -2.15. The minimum absolute atomic E-state index is 0.140. The van der Waals surface area contributed by atoms with Gasteiger partial charge in [-0.2, -0.15) is 0 Å². The molecule has 0 N–H and O–H groups in total. The van der Waals surface area contributed by atoms with Crippen LogP contribution in [-0.2, 0) is 18.0 Å². The summed E-state index contributed by atoms with van der Waals surface area (Å²) in [7, 11) is 1.62. The third-order valence-corrected chi connectivity index (χ3v) is 8.20. The van der Waals surface area contributed by atoms with Crippen LogP contribution in [0.3, 0.4) is 0 Å². The van der Waals surface area contributed by atoms with Gasteiger partial charge in [0.2, 0.25) is 0 Å². The summed E-state index contributed by atoms with van der Waals surface area (Å²) < 4.78 is 23.8. The number of methoxy groups -OCH3 is 1. The molecular formula is C39H34N2O5S. The Morgan fingerprint density at radius 1 is 0.681 bits per heavy atom. The zero-order chi connectivity index (χ0) is 32.4. The van der Waals surface area contributed by atoms with E-state index < -0.39 is 0 Å². The van der Waals surface area contributed by atoms with E-state index in [4.69, 9.17) is 23.9 Å². The van der Waals surface area contributed by atoms with Gasteiger partial charge in [0.1, 0.15) is 13.2 Å². The number of carbonyl (C=O) groups is 1. The minimum atomic E-state index is -0.140. The Kier molecular flexibility index (Phi) is 10.2. The number of carbonyl (C=O) groups excluding carboxylic acids is 1. The molecular weight excluding hydrogens is 609 g/mol. The van der Waals surface area contributed by atoms with Crippen LogP contribution in [0.5, 0.6) is 23.0 Å². The molecule has 1 amide bonds. The summed E-state index contributed by atoms with van der Waals surface area (Å²) in [5.41, 5.74) is 4.34. The Hall–Kier alpha value is -5.47. The Balaban J connectivity index is 1.19. The standard InChI is InChI=1S/C39H34N2O5S/c1-3-44-36-23-29(25-37-38(42)41(32-17-11-6-12-18-32)39(47-37)40-31-15-9-5-10-16-31)19-21-34(36)46-27-30-20-22-33(35(24-30)43-2)45-26-28-13-7-4-8-14-28/h4-25H,3,26-27H2,1-2H3/b37-25+,40-39?. The number of rotatable bonds is 12. The summed E-state index contributed by atoms with van der Waals surface area (Å²) in [6.45, 7) is 3.13. The van der Waals surface area contributed by atoms with Crippen LogP contribution in [0, 0.1) is 0 Å². The minimum Gasteiger partial charge on any atom is -0.493 e. The second kappa shape index (κ2) is 15.2. The van der Waals surface area contributed by atoms with Gasteiger partial charge in [-0.1, -0.05) is 78.9 Å². The normalized spacial score (nSPS) is 14.4. The molecule has 5 aromatic carbocycles. The quantitative estimate of drug-likeness (QED) is 0.127. The van der Waals surface area contributed by atoms with Gasteiger partial charge >= 0.3 is 0 Å². The van der Waals surface area contributed by atoms with E-state index >= 15 is 0 Å². The molecule has 1 aliphatic rings. The first-order chi connectivity index (χ1) is 23.1. The molecule has 0 aliphatic carbocycles. The average molecular weight is 643 g/mol. The number of hydrogen-bond acceptors (Lipinski definition) is 7. The van der Waals surface area contributed by atoms with Crippen molar-refractivity contribution in [2.75, 3.05) is 18.6 Å². The van der Waals surface area contributed by atoms with E-state index in [1.54, 1.807) is 12.0 Å². The van der Waals surface area contributed by atoms with Gasteiger partial charge in [-0.25, -0.2) is 4.99 Å². The van der Waals surface area contributed by atoms with Crippen LogP contribution in [0.15, 0.2) is 137 Å². The molecule has 1 heterocycles. The summed E-state index contributed by atoms with van der Waals surface area (Å²) >= 11 is 1.34. The van der Waals surface area contributed by atoms with Crippen molar-refractivity contribution in [3.8, 4) is 23.0 Å². The van der Waals surface area contributed by atoms with Crippen LogP contribution in [0.4, 0.5) is 11.4 Å². The third-order valence-electron chi connectivity index (χ3n) is 7.23. The topological polar surface area (TPSA) is 69.6 Å². The fraction of sp³-hybridized carbons (Fsp3) is 0.128. The molecule has 7 nitrogen and oxygen atoms in total.